The molecular formula is C20H22F3N7O. The van der Waals surface area contributed by atoms with Crippen molar-refractivity contribution in [1.82, 2.24) is 30.1 Å². The summed E-state index contributed by atoms with van der Waals surface area (Å²) in [4.78, 5) is 14.4. The van der Waals surface area contributed by atoms with Crippen LogP contribution >= 0.6 is 0 Å². The summed E-state index contributed by atoms with van der Waals surface area (Å²) in [6.45, 7) is 0.918. The van der Waals surface area contributed by atoms with Gasteiger partial charge in [0.25, 0.3) is 0 Å². The predicted octanol–water partition coefficient (Wildman–Crippen LogP) is 3.03. The van der Waals surface area contributed by atoms with E-state index in [1.165, 1.54) is 0 Å². The Balaban J connectivity index is 1.39. The predicted molar refractivity (Wildman–Crippen MR) is 108 cm³/mol. The van der Waals surface area contributed by atoms with Gasteiger partial charge in [-0.3, -0.25) is 4.79 Å². The molecule has 1 aliphatic heterocycles. The third-order valence-corrected chi connectivity index (χ3v) is 5.52. The zero-order valence-electron chi connectivity index (χ0n) is 16.9. The van der Waals surface area contributed by atoms with Gasteiger partial charge in [0, 0.05) is 30.5 Å². The maximum atomic E-state index is 12.6. The fraction of sp³-hybridized carbons (Fsp3) is 0.450. The summed E-state index contributed by atoms with van der Waals surface area (Å²) in [7, 11) is 1.80. The molecule has 1 aromatic carbocycles. The molecule has 1 fully saturated rings. The Kier molecular flexibility index (Phi) is 5.86. The zero-order valence-corrected chi connectivity index (χ0v) is 16.9. The van der Waals surface area contributed by atoms with Crippen molar-refractivity contribution in [3.8, 4) is 11.3 Å². The molecule has 1 N–H and O–H groups in total. The summed E-state index contributed by atoms with van der Waals surface area (Å²) >= 11 is 0. The number of nitrogens with one attached hydrogen (secondary N) is 1. The Morgan fingerprint density at radius 3 is 2.65 bits per heavy atom. The van der Waals surface area contributed by atoms with Gasteiger partial charge in [-0.1, -0.05) is 11.3 Å². The molecule has 1 amide bonds. The van der Waals surface area contributed by atoms with E-state index in [2.05, 4.69) is 25.8 Å². The highest BCUT2D eigenvalue weighted by molar-refractivity contribution is 5.94. The third kappa shape index (κ3) is 5.16. The van der Waals surface area contributed by atoms with Crippen molar-refractivity contribution in [2.75, 3.05) is 25.0 Å². The molecule has 11 heteroatoms. The molecule has 164 valence electrons. The van der Waals surface area contributed by atoms with E-state index in [0.717, 1.165) is 16.6 Å². The Morgan fingerprint density at radius 2 is 1.97 bits per heavy atom. The van der Waals surface area contributed by atoms with Gasteiger partial charge < -0.3 is 10.2 Å². The molecule has 1 saturated heterocycles. The van der Waals surface area contributed by atoms with Crippen LogP contribution in [0.1, 0.15) is 19.3 Å². The van der Waals surface area contributed by atoms with E-state index in [0.29, 0.717) is 37.3 Å². The number of piperidine rings is 1. The first kappa shape index (κ1) is 21.2. The number of carbonyl (C=O) groups is 1. The van der Waals surface area contributed by atoms with E-state index in [4.69, 9.17) is 0 Å². The number of hydrogen-bond donors (Lipinski definition) is 1. The van der Waals surface area contributed by atoms with Gasteiger partial charge in [0.2, 0.25) is 5.91 Å². The van der Waals surface area contributed by atoms with Crippen molar-refractivity contribution < 1.29 is 18.0 Å². The van der Waals surface area contributed by atoms with Crippen LogP contribution < -0.4 is 5.32 Å². The second-order valence-corrected chi connectivity index (χ2v) is 7.72. The van der Waals surface area contributed by atoms with Crippen molar-refractivity contribution in [3.05, 3.63) is 30.5 Å². The topological polar surface area (TPSA) is 88.8 Å². The lowest BCUT2D eigenvalue weighted by atomic mass is 9.96. The number of benzene rings is 1. The number of carbonyl (C=O) groups excluding carboxylic acids is 1. The third-order valence-electron chi connectivity index (χ3n) is 5.52. The molecule has 0 radical (unpaired) electrons. The minimum absolute atomic E-state index is 0.0253. The molecule has 31 heavy (non-hydrogen) atoms. The van der Waals surface area contributed by atoms with Crippen LogP contribution in [0.2, 0.25) is 0 Å². The Labute approximate surface area is 176 Å². The van der Waals surface area contributed by atoms with Crippen LogP contribution in [0.5, 0.6) is 0 Å². The highest BCUT2D eigenvalue weighted by Crippen LogP contribution is 2.25. The molecule has 0 bridgehead atoms. The molecule has 8 nitrogen and oxygen atoms in total. The largest absolute Gasteiger partial charge is 0.390 e. The summed E-state index contributed by atoms with van der Waals surface area (Å²) in [5, 5.41) is 19.7. The van der Waals surface area contributed by atoms with E-state index in [-0.39, 0.29) is 18.4 Å². The highest BCUT2D eigenvalue weighted by atomic mass is 19.4. The molecule has 3 heterocycles. The summed E-state index contributed by atoms with van der Waals surface area (Å²) < 4.78 is 38.8. The van der Waals surface area contributed by atoms with Crippen molar-refractivity contribution in [3.63, 3.8) is 0 Å². The van der Waals surface area contributed by atoms with E-state index in [1.54, 1.807) is 28.9 Å². The smallest absolute Gasteiger partial charge is 0.309 e. The average Bonchev–Trinajstić information content (AvgIpc) is 3.17. The first-order valence-electron chi connectivity index (χ1n) is 10.0. The number of likely N-dealkylation sites (tertiary alicyclic amines) is 1. The average molecular weight is 433 g/mol. The van der Waals surface area contributed by atoms with Gasteiger partial charge in [-0.2, -0.15) is 13.2 Å². The molecule has 2 aromatic heterocycles. The number of nitrogens with zero attached hydrogens (tertiary/aromatic N) is 6. The van der Waals surface area contributed by atoms with Crippen LogP contribution in [0, 0.1) is 5.92 Å². The zero-order chi connectivity index (χ0) is 22.0. The van der Waals surface area contributed by atoms with Crippen LogP contribution in [0.3, 0.4) is 0 Å². The van der Waals surface area contributed by atoms with Crippen LogP contribution in [0.4, 0.5) is 19.0 Å². The fourth-order valence-electron chi connectivity index (χ4n) is 3.75. The van der Waals surface area contributed by atoms with Gasteiger partial charge in [-0.25, -0.2) is 4.68 Å². The Hall–Kier alpha value is -3.08. The van der Waals surface area contributed by atoms with Gasteiger partial charge in [0.05, 0.1) is 23.8 Å². The summed E-state index contributed by atoms with van der Waals surface area (Å²) in [5.41, 5.74) is 2.45. The maximum Gasteiger partial charge on any atom is 0.390 e. The van der Waals surface area contributed by atoms with Crippen molar-refractivity contribution in [2.24, 2.45) is 13.0 Å². The summed E-state index contributed by atoms with van der Waals surface area (Å²) in [6.07, 6.45) is -2.28. The lowest BCUT2D eigenvalue weighted by molar-refractivity contribution is -0.139. The first-order valence-corrected chi connectivity index (χ1v) is 10.0. The molecule has 3 aromatic rings. The van der Waals surface area contributed by atoms with Crippen molar-refractivity contribution in [1.29, 1.82) is 0 Å². The second kappa shape index (κ2) is 8.58. The number of aryl methyl sites for hydroxylation is 1. The lowest BCUT2D eigenvalue weighted by Gasteiger charge is -2.31. The fourth-order valence-corrected chi connectivity index (χ4v) is 3.75. The van der Waals surface area contributed by atoms with Crippen LogP contribution in [-0.2, 0) is 11.8 Å². The molecule has 0 atom stereocenters. The number of rotatable bonds is 5. The number of fused-ring (bicyclic) bond motifs is 1. The monoisotopic (exact) mass is 433 g/mol. The number of alkyl halides is 3. The van der Waals surface area contributed by atoms with Gasteiger partial charge >= 0.3 is 6.18 Å². The minimum atomic E-state index is -4.16. The number of halogens is 3. The van der Waals surface area contributed by atoms with Gasteiger partial charge in [-0.15, -0.1) is 15.3 Å². The maximum absolute atomic E-state index is 12.6. The molecule has 0 unspecified atom stereocenters. The summed E-state index contributed by atoms with van der Waals surface area (Å²) in [5.74, 6) is -0.0973. The van der Waals surface area contributed by atoms with Gasteiger partial charge in [-0.05, 0) is 44.1 Å². The summed E-state index contributed by atoms with van der Waals surface area (Å²) in [6, 6.07) is 7.43. The number of amides is 1. The second-order valence-electron chi connectivity index (χ2n) is 7.72. The van der Waals surface area contributed by atoms with Crippen LogP contribution in [0.25, 0.3) is 22.2 Å². The SMILES string of the molecule is Cn1nncc1-c1ccc2nnc(NC(=O)C3CCN(CCC(F)(F)F)CC3)cc2c1. The number of anilines is 1. The molecule has 0 spiro atoms. The number of hydrogen-bond acceptors (Lipinski definition) is 6. The minimum Gasteiger partial charge on any atom is -0.309 e. The van der Waals surface area contributed by atoms with E-state index < -0.39 is 12.6 Å². The standard InChI is InChI=1S/C20H22F3N7O/c1-29-17(12-24-28-29)14-2-3-16-15(10-14)11-18(27-26-16)25-19(31)13-4-7-30(8-5-13)9-6-20(21,22)23/h2-3,10-13H,4-9H2,1H3,(H,25,27,31). The van der Waals surface area contributed by atoms with Crippen LogP contribution in [-0.4, -0.2) is 61.8 Å². The molecule has 1 aliphatic rings. The van der Waals surface area contributed by atoms with Crippen LogP contribution in [0.15, 0.2) is 30.5 Å². The van der Waals surface area contributed by atoms with Gasteiger partial charge in [0.1, 0.15) is 0 Å². The van der Waals surface area contributed by atoms with E-state index >= 15 is 0 Å². The normalized spacial score (nSPS) is 16.0. The quantitative estimate of drug-likeness (QED) is 0.666. The lowest BCUT2D eigenvalue weighted by Crippen LogP contribution is -2.39. The molecule has 0 aliphatic carbocycles. The van der Waals surface area contributed by atoms with E-state index in [1.807, 2.05) is 18.2 Å². The van der Waals surface area contributed by atoms with Gasteiger partial charge in [0.15, 0.2) is 5.82 Å². The first-order chi connectivity index (χ1) is 14.8. The molecule has 0 saturated carbocycles. The number of aromatic nitrogens is 5. The Morgan fingerprint density at radius 1 is 1.19 bits per heavy atom. The van der Waals surface area contributed by atoms with E-state index in [9.17, 15) is 18.0 Å². The van der Waals surface area contributed by atoms with Crippen molar-refractivity contribution >= 4 is 22.6 Å². The molecule has 4 rings (SSSR count). The molecular weight excluding hydrogens is 411 g/mol. The van der Waals surface area contributed by atoms with Crippen molar-refractivity contribution in [2.45, 2.75) is 25.4 Å². The Bertz CT molecular complexity index is 1070. The highest BCUT2D eigenvalue weighted by Gasteiger charge is 2.30.